The Hall–Kier alpha value is -3.35. The van der Waals surface area contributed by atoms with E-state index >= 15 is 0 Å². The second-order valence-electron chi connectivity index (χ2n) is 8.24. The molecule has 158 valence electrons. The van der Waals surface area contributed by atoms with Gasteiger partial charge in [-0.25, -0.2) is 14.4 Å². The first-order valence-electron chi connectivity index (χ1n) is 10.8. The van der Waals surface area contributed by atoms with Crippen molar-refractivity contribution in [3.63, 3.8) is 0 Å². The zero-order valence-electron chi connectivity index (χ0n) is 17.2. The number of piperidine rings is 2. The van der Waals surface area contributed by atoms with Crippen molar-refractivity contribution in [1.82, 2.24) is 19.9 Å². The Kier molecular flexibility index (Phi) is 5.32. The smallest absolute Gasteiger partial charge is 0.222 e. The van der Waals surface area contributed by atoms with Gasteiger partial charge in [0.15, 0.2) is 0 Å². The summed E-state index contributed by atoms with van der Waals surface area (Å²) in [7, 11) is 0. The molecule has 2 aliphatic rings. The Bertz CT molecular complexity index is 1090. The first kappa shape index (κ1) is 19.6. The number of aromatic nitrogens is 3. The van der Waals surface area contributed by atoms with Gasteiger partial charge in [0.1, 0.15) is 17.5 Å². The number of carbonyl (C=O) groups excluding carboxylic acids is 1. The van der Waals surface area contributed by atoms with Crippen LogP contribution >= 0.6 is 0 Å². The molecule has 5 rings (SSSR count). The van der Waals surface area contributed by atoms with Crippen molar-refractivity contribution in [3.8, 4) is 11.3 Å². The molecule has 0 bridgehead atoms. The molecule has 2 atom stereocenters. The standard InChI is InChI=1S/C24H24FN5O/c25-18-5-1-6-19(12-18)27-22-13-21(16-4-3-11-26-14-16)28-24(29-22)17-9-10-20-7-2-8-23(31)30(20)15-17/h1,3-6,11-14,17,20H,2,7-10,15H2,(H,27,28,29). The summed E-state index contributed by atoms with van der Waals surface area (Å²) >= 11 is 0. The molecule has 1 amide bonds. The molecule has 7 heteroatoms. The van der Waals surface area contributed by atoms with Gasteiger partial charge in [-0.05, 0) is 56.0 Å². The topological polar surface area (TPSA) is 71.0 Å². The highest BCUT2D eigenvalue weighted by atomic mass is 19.1. The van der Waals surface area contributed by atoms with Crippen molar-refractivity contribution < 1.29 is 9.18 Å². The summed E-state index contributed by atoms with van der Waals surface area (Å²) in [4.78, 5) is 28.3. The summed E-state index contributed by atoms with van der Waals surface area (Å²) in [5.41, 5.74) is 2.26. The first-order chi connectivity index (χ1) is 15.2. The van der Waals surface area contributed by atoms with Crippen LogP contribution in [0.3, 0.4) is 0 Å². The summed E-state index contributed by atoms with van der Waals surface area (Å²) in [6.07, 6.45) is 8.12. The third-order valence-electron chi connectivity index (χ3n) is 6.12. The molecule has 0 aliphatic carbocycles. The van der Waals surface area contributed by atoms with Gasteiger partial charge >= 0.3 is 0 Å². The van der Waals surface area contributed by atoms with Crippen molar-refractivity contribution >= 4 is 17.4 Å². The molecule has 4 heterocycles. The van der Waals surface area contributed by atoms with Crippen LogP contribution in [0.5, 0.6) is 0 Å². The molecule has 2 saturated heterocycles. The van der Waals surface area contributed by atoms with E-state index in [1.807, 2.05) is 23.1 Å². The van der Waals surface area contributed by atoms with E-state index in [1.165, 1.54) is 12.1 Å². The molecule has 1 N–H and O–H groups in total. The summed E-state index contributed by atoms with van der Waals surface area (Å²) < 4.78 is 13.7. The number of hydrogen-bond acceptors (Lipinski definition) is 5. The number of benzene rings is 1. The number of rotatable bonds is 4. The van der Waals surface area contributed by atoms with Crippen LogP contribution in [0.4, 0.5) is 15.9 Å². The minimum atomic E-state index is -0.311. The average molecular weight is 417 g/mol. The van der Waals surface area contributed by atoms with E-state index in [0.29, 0.717) is 36.3 Å². The lowest BCUT2D eigenvalue weighted by atomic mass is 9.87. The molecule has 6 nitrogen and oxygen atoms in total. The molecule has 1 aromatic carbocycles. The summed E-state index contributed by atoms with van der Waals surface area (Å²) in [5.74, 6) is 1.30. The summed E-state index contributed by atoms with van der Waals surface area (Å²) in [6.45, 7) is 0.652. The number of anilines is 2. The fourth-order valence-electron chi connectivity index (χ4n) is 4.56. The number of nitrogens with one attached hydrogen (secondary N) is 1. The van der Waals surface area contributed by atoms with Crippen molar-refractivity contribution in [2.24, 2.45) is 0 Å². The maximum atomic E-state index is 13.7. The highest BCUT2D eigenvalue weighted by Crippen LogP contribution is 2.35. The van der Waals surface area contributed by atoms with Gasteiger partial charge in [0.05, 0.1) is 5.69 Å². The van der Waals surface area contributed by atoms with E-state index in [4.69, 9.17) is 9.97 Å². The SMILES string of the molecule is O=C1CCCC2CCC(c3nc(Nc4cccc(F)c4)cc(-c4cccnc4)n3)CN12. The maximum absolute atomic E-state index is 13.7. The minimum absolute atomic E-state index is 0.0722. The van der Waals surface area contributed by atoms with Crippen LogP contribution in [0, 0.1) is 5.82 Å². The highest BCUT2D eigenvalue weighted by molar-refractivity contribution is 5.77. The van der Waals surface area contributed by atoms with Gasteiger partial charge in [0, 0.05) is 54.6 Å². The van der Waals surface area contributed by atoms with E-state index in [0.717, 1.165) is 36.9 Å². The fourth-order valence-corrected chi connectivity index (χ4v) is 4.56. The number of hydrogen-bond donors (Lipinski definition) is 1. The number of carbonyl (C=O) groups is 1. The second-order valence-corrected chi connectivity index (χ2v) is 8.24. The zero-order chi connectivity index (χ0) is 21.2. The van der Waals surface area contributed by atoms with E-state index in [-0.39, 0.29) is 17.6 Å². The van der Waals surface area contributed by atoms with Gasteiger partial charge < -0.3 is 10.2 Å². The molecule has 2 fully saturated rings. The summed E-state index contributed by atoms with van der Waals surface area (Å²) in [6, 6.07) is 12.3. The van der Waals surface area contributed by atoms with E-state index in [1.54, 1.807) is 24.5 Å². The molecule has 31 heavy (non-hydrogen) atoms. The largest absolute Gasteiger partial charge is 0.340 e. The average Bonchev–Trinajstić information content (AvgIpc) is 2.80. The Morgan fingerprint density at radius 3 is 2.84 bits per heavy atom. The van der Waals surface area contributed by atoms with E-state index in [9.17, 15) is 9.18 Å². The van der Waals surface area contributed by atoms with Crippen molar-refractivity contribution in [2.75, 3.05) is 11.9 Å². The van der Waals surface area contributed by atoms with Crippen LogP contribution in [0.2, 0.25) is 0 Å². The highest BCUT2D eigenvalue weighted by Gasteiger charge is 2.35. The molecular formula is C24H24FN5O. The summed E-state index contributed by atoms with van der Waals surface area (Å²) in [5, 5.41) is 3.21. The van der Waals surface area contributed by atoms with Crippen molar-refractivity contribution in [2.45, 2.75) is 44.1 Å². The first-order valence-corrected chi connectivity index (χ1v) is 10.8. The lowest BCUT2D eigenvalue weighted by Crippen LogP contribution is -2.48. The normalized spacial score (nSPS) is 20.9. The van der Waals surface area contributed by atoms with Gasteiger partial charge in [0.2, 0.25) is 5.91 Å². The molecule has 2 unspecified atom stereocenters. The van der Waals surface area contributed by atoms with Crippen molar-refractivity contribution in [3.05, 3.63) is 66.5 Å². The molecule has 0 spiro atoms. The second kappa shape index (κ2) is 8.41. The minimum Gasteiger partial charge on any atom is -0.340 e. The Balaban J connectivity index is 1.49. The number of halogens is 1. The molecule has 2 aromatic heterocycles. The third kappa shape index (κ3) is 4.26. The van der Waals surface area contributed by atoms with Gasteiger partial charge in [-0.2, -0.15) is 0 Å². The third-order valence-corrected chi connectivity index (χ3v) is 6.12. The number of nitrogens with zero attached hydrogens (tertiary/aromatic N) is 4. The Labute approximate surface area is 180 Å². The molecule has 0 radical (unpaired) electrons. The molecule has 2 aliphatic heterocycles. The van der Waals surface area contributed by atoms with Gasteiger partial charge in [-0.15, -0.1) is 0 Å². The maximum Gasteiger partial charge on any atom is 0.222 e. The van der Waals surface area contributed by atoms with Gasteiger partial charge in [-0.1, -0.05) is 6.07 Å². The predicted molar refractivity (Wildman–Crippen MR) is 116 cm³/mol. The number of pyridine rings is 1. The van der Waals surface area contributed by atoms with Crippen LogP contribution < -0.4 is 5.32 Å². The van der Waals surface area contributed by atoms with Gasteiger partial charge in [-0.3, -0.25) is 9.78 Å². The van der Waals surface area contributed by atoms with Crippen LogP contribution in [-0.4, -0.2) is 38.3 Å². The van der Waals surface area contributed by atoms with Crippen LogP contribution in [0.1, 0.15) is 43.8 Å². The Morgan fingerprint density at radius 2 is 2.00 bits per heavy atom. The molecule has 3 aromatic rings. The molecular weight excluding hydrogens is 393 g/mol. The van der Waals surface area contributed by atoms with Crippen LogP contribution in [0.25, 0.3) is 11.3 Å². The van der Waals surface area contributed by atoms with Crippen LogP contribution in [0.15, 0.2) is 54.9 Å². The molecule has 0 saturated carbocycles. The quantitative estimate of drug-likeness (QED) is 0.667. The number of fused-ring (bicyclic) bond motifs is 1. The van der Waals surface area contributed by atoms with E-state index in [2.05, 4.69) is 10.3 Å². The fraction of sp³-hybridized carbons (Fsp3) is 0.333. The lowest BCUT2D eigenvalue weighted by molar-refractivity contribution is -0.138. The Morgan fingerprint density at radius 1 is 1.06 bits per heavy atom. The van der Waals surface area contributed by atoms with Crippen LogP contribution in [-0.2, 0) is 4.79 Å². The predicted octanol–water partition coefficient (Wildman–Crippen LogP) is 4.68. The van der Waals surface area contributed by atoms with E-state index < -0.39 is 0 Å². The van der Waals surface area contributed by atoms with Crippen molar-refractivity contribution in [1.29, 1.82) is 0 Å². The monoisotopic (exact) mass is 417 g/mol. The van der Waals surface area contributed by atoms with Gasteiger partial charge in [0.25, 0.3) is 0 Å². The zero-order valence-corrected chi connectivity index (χ0v) is 17.2. The number of amides is 1. The lowest BCUT2D eigenvalue weighted by Gasteiger charge is -2.42.